The maximum absolute atomic E-state index is 13.6. The van der Waals surface area contributed by atoms with Crippen molar-refractivity contribution in [2.45, 2.75) is 50.7 Å². The minimum absolute atomic E-state index is 0.0304. The van der Waals surface area contributed by atoms with Gasteiger partial charge in [0.05, 0.1) is 36.8 Å². The van der Waals surface area contributed by atoms with Crippen molar-refractivity contribution in [2.75, 3.05) is 18.6 Å². The van der Waals surface area contributed by atoms with Crippen molar-refractivity contribution in [1.29, 1.82) is 0 Å². The summed E-state index contributed by atoms with van der Waals surface area (Å²) in [6.07, 6.45) is -6.71. The molecule has 0 spiro atoms. The molecule has 14 heteroatoms. The van der Waals surface area contributed by atoms with E-state index in [2.05, 4.69) is 15.0 Å². The third-order valence-electron chi connectivity index (χ3n) is 6.63. The second-order valence-corrected chi connectivity index (χ2v) is 9.73. The van der Waals surface area contributed by atoms with Crippen molar-refractivity contribution in [2.24, 2.45) is 0 Å². The molecule has 5 rings (SSSR count). The van der Waals surface area contributed by atoms with Gasteiger partial charge in [0.2, 0.25) is 0 Å². The van der Waals surface area contributed by atoms with Crippen LogP contribution in [0, 0.1) is 5.82 Å². The van der Waals surface area contributed by atoms with E-state index in [1.54, 1.807) is 30.1 Å². The van der Waals surface area contributed by atoms with Crippen LogP contribution in [0.1, 0.15) is 41.3 Å². The lowest BCUT2D eigenvalue weighted by Crippen LogP contribution is -2.19. The van der Waals surface area contributed by atoms with E-state index in [0.29, 0.717) is 48.5 Å². The Morgan fingerprint density at radius 2 is 1.68 bits per heavy atom. The van der Waals surface area contributed by atoms with Gasteiger partial charge in [-0.1, -0.05) is 12.1 Å². The summed E-state index contributed by atoms with van der Waals surface area (Å²) in [4.78, 5) is 14.9. The Morgan fingerprint density at radius 3 is 2.37 bits per heavy atom. The molecule has 41 heavy (non-hydrogen) atoms. The van der Waals surface area contributed by atoms with E-state index in [4.69, 9.17) is 9.47 Å². The first kappa shape index (κ1) is 28.7. The third-order valence-corrected chi connectivity index (χ3v) is 6.63. The average molecular weight is 584 g/mol. The number of anilines is 1. The van der Waals surface area contributed by atoms with Crippen LogP contribution in [0.3, 0.4) is 0 Å². The molecule has 2 aromatic carbocycles. The molecule has 0 aliphatic carbocycles. The first-order valence-corrected chi connectivity index (χ1v) is 12.5. The number of imidazole rings is 1. The number of rotatable bonds is 8. The van der Waals surface area contributed by atoms with Gasteiger partial charge in [-0.2, -0.15) is 26.3 Å². The number of nitrogens with zero attached hydrogens (tertiary/aromatic N) is 5. The van der Waals surface area contributed by atoms with Crippen LogP contribution in [-0.4, -0.2) is 39.3 Å². The summed E-state index contributed by atoms with van der Waals surface area (Å²) in [6.45, 7) is -0.0937. The molecule has 2 aromatic heterocycles. The molecule has 1 fully saturated rings. The van der Waals surface area contributed by atoms with E-state index >= 15 is 0 Å². The molecule has 3 heterocycles. The minimum atomic E-state index is -4.93. The topological polar surface area (TPSA) is 65.3 Å². The number of alkyl halides is 6. The van der Waals surface area contributed by atoms with Gasteiger partial charge in [0.15, 0.2) is 17.0 Å². The normalized spacial score (nSPS) is 17.9. The Kier molecular flexibility index (Phi) is 7.88. The van der Waals surface area contributed by atoms with Gasteiger partial charge < -0.3 is 14.4 Å². The molecule has 0 saturated carbocycles. The van der Waals surface area contributed by atoms with Crippen molar-refractivity contribution >= 4 is 17.0 Å². The van der Waals surface area contributed by atoms with Gasteiger partial charge in [0.1, 0.15) is 18.4 Å². The zero-order valence-electron chi connectivity index (χ0n) is 21.6. The SMILES string of the molecule is CN(Cc1cccc(F)c1)c1ncnc2c1ncn2C1CCC(COCc2cc(C(F)(F)F)cc(C(F)(F)F)c2)O1. The van der Waals surface area contributed by atoms with Gasteiger partial charge in [0.25, 0.3) is 0 Å². The van der Waals surface area contributed by atoms with Crippen molar-refractivity contribution in [3.05, 3.63) is 83.2 Å². The molecule has 2 atom stereocenters. The highest BCUT2D eigenvalue weighted by atomic mass is 19.4. The number of benzene rings is 2. The predicted octanol–water partition coefficient (Wildman–Crippen LogP) is 6.53. The first-order chi connectivity index (χ1) is 19.4. The molecule has 1 saturated heterocycles. The van der Waals surface area contributed by atoms with Gasteiger partial charge in [0, 0.05) is 13.6 Å². The van der Waals surface area contributed by atoms with E-state index in [1.807, 2.05) is 4.90 Å². The van der Waals surface area contributed by atoms with Crippen molar-refractivity contribution in [3.63, 3.8) is 0 Å². The Balaban J connectivity index is 1.23. The molecule has 2 unspecified atom stereocenters. The summed E-state index contributed by atoms with van der Waals surface area (Å²) in [6, 6.07) is 7.60. The summed E-state index contributed by atoms with van der Waals surface area (Å²) in [5.74, 6) is 0.195. The van der Waals surface area contributed by atoms with Crippen LogP contribution in [0.15, 0.2) is 55.1 Å². The Hall–Kier alpha value is -3.78. The molecule has 7 nitrogen and oxygen atoms in total. The van der Waals surface area contributed by atoms with Gasteiger partial charge in [-0.25, -0.2) is 19.3 Å². The van der Waals surface area contributed by atoms with Gasteiger partial charge in [-0.3, -0.25) is 4.57 Å². The molecular weight excluding hydrogens is 559 g/mol. The van der Waals surface area contributed by atoms with Crippen LogP contribution in [0.2, 0.25) is 0 Å². The maximum Gasteiger partial charge on any atom is 0.416 e. The van der Waals surface area contributed by atoms with Gasteiger partial charge in [-0.05, 0) is 54.3 Å². The third kappa shape index (κ3) is 6.59. The van der Waals surface area contributed by atoms with E-state index in [9.17, 15) is 30.7 Å². The largest absolute Gasteiger partial charge is 0.416 e. The summed E-state index contributed by atoms with van der Waals surface area (Å²) >= 11 is 0. The Bertz CT molecular complexity index is 1490. The number of aromatic nitrogens is 4. The number of fused-ring (bicyclic) bond motifs is 1. The van der Waals surface area contributed by atoms with E-state index < -0.39 is 42.4 Å². The lowest BCUT2D eigenvalue weighted by Gasteiger charge is -2.19. The van der Waals surface area contributed by atoms with E-state index in [0.717, 1.165) is 5.56 Å². The second-order valence-electron chi connectivity index (χ2n) is 9.73. The number of ether oxygens (including phenoxy) is 2. The number of halogens is 7. The second kappa shape index (κ2) is 11.2. The Morgan fingerprint density at radius 1 is 0.951 bits per heavy atom. The fraction of sp³-hybridized carbons (Fsp3) is 0.370. The molecular formula is C27H24F7N5O2. The van der Waals surface area contributed by atoms with Crippen molar-refractivity contribution in [1.82, 2.24) is 19.5 Å². The van der Waals surface area contributed by atoms with Crippen LogP contribution >= 0.6 is 0 Å². The summed E-state index contributed by atoms with van der Waals surface area (Å²) in [5.41, 5.74) is -1.25. The van der Waals surface area contributed by atoms with Crippen molar-refractivity contribution < 1.29 is 40.2 Å². The fourth-order valence-corrected chi connectivity index (χ4v) is 4.74. The first-order valence-electron chi connectivity index (χ1n) is 12.5. The quantitative estimate of drug-likeness (QED) is 0.220. The van der Waals surface area contributed by atoms with Crippen LogP contribution in [0.4, 0.5) is 36.6 Å². The number of hydrogen-bond acceptors (Lipinski definition) is 6. The molecule has 1 aliphatic rings. The lowest BCUT2D eigenvalue weighted by atomic mass is 10.1. The van der Waals surface area contributed by atoms with E-state index in [-0.39, 0.29) is 24.1 Å². The minimum Gasteiger partial charge on any atom is -0.374 e. The summed E-state index contributed by atoms with van der Waals surface area (Å²) in [7, 11) is 1.80. The standard InChI is InChI=1S/C27H24F7N5O2/c1-38(11-16-3-2-4-20(28)9-16)24-23-25(36-14-35-24)39(15-37-23)22-6-5-21(41-22)13-40-12-17-7-18(26(29,30)31)10-19(8-17)27(32,33)34/h2-4,7-10,14-15,21-22H,5-6,11-13H2,1H3. The smallest absolute Gasteiger partial charge is 0.374 e. The summed E-state index contributed by atoms with van der Waals surface area (Å²) in [5, 5.41) is 0. The van der Waals surface area contributed by atoms with Crippen LogP contribution in [0.5, 0.6) is 0 Å². The van der Waals surface area contributed by atoms with Crippen LogP contribution in [0.25, 0.3) is 11.2 Å². The molecule has 218 valence electrons. The zero-order valence-corrected chi connectivity index (χ0v) is 21.6. The monoisotopic (exact) mass is 583 g/mol. The average Bonchev–Trinajstić information content (AvgIpc) is 3.54. The maximum atomic E-state index is 13.6. The molecule has 4 aromatic rings. The molecule has 0 amide bonds. The highest BCUT2D eigenvalue weighted by Gasteiger charge is 2.37. The Labute approximate surface area is 229 Å². The van der Waals surface area contributed by atoms with Crippen LogP contribution in [-0.2, 0) is 35.0 Å². The lowest BCUT2D eigenvalue weighted by molar-refractivity contribution is -0.143. The molecule has 0 bridgehead atoms. The molecule has 0 N–H and O–H groups in total. The zero-order chi connectivity index (χ0) is 29.4. The highest BCUT2D eigenvalue weighted by Crippen LogP contribution is 2.37. The number of hydrogen-bond donors (Lipinski definition) is 0. The van der Waals surface area contributed by atoms with Gasteiger partial charge in [-0.15, -0.1) is 0 Å². The highest BCUT2D eigenvalue weighted by molar-refractivity contribution is 5.83. The van der Waals surface area contributed by atoms with Crippen molar-refractivity contribution in [3.8, 4) is 0 Å². The molecule has 0 radical (unpaired) electrons. The van der Waals surface area contributed by atoms with Crippen LogP contribution < -0.4 is 4.90 Å². The summed E-state index contributed by atoms with van der Waals surface area (Å²) < 4.78 is 106. The molecule has 1 aliphatic heterocycles. The fourth-order valence-electron chi connectivity index (χ4n) is 4.74. The van der Waals surface area contributed by atoms with E-state index in [1.165, 1.54) is 18.5 Å². The predicted molar refractivity (Wildman–Crippen MR) is 133 cm³/mol. The van der Waals surface area contributed by atoms with Gasteiger partial charge >= 0.3 is 12.4 Å².